The first-order valence-electron chi connectivity index (χ1n) is 8.01. The minimum absolute atomic E-state index is 0.551. The fourth-order valence-electron chi connectivity index (χ4n) is 3.96. The number of fused-ring (bicyclic) bond motifs is 3. The van der Waals surface area contributed by atoms with Gasteiger partial charge in [-0.3, -0.25) is 9.80 Å². The van der Waals surface area contributed by atoms with Crippen molar-refractivity contribution in [1.82, 2.24) is 9.80 Å². The average Bonchev–Trinajstić information content (AvgIpc) is 2.86. The van der Waals surface area contributed by atoms with Crippen LogP contribution >= 0.6 is 15.9 Å². The first-order chi connectivity index (χ1) is 10.7. The van der Waals surface area contributed by atoms with Gasteiger partial charge in [0.05, 0.1) is 0 Å². The number of rotatable bonds is 2. The Morgan fingerprint density at radius 3 is 2.73 bits per heavy atom. The van der Waals surface area contributed by atoms with E-state index in [-0.39, 0.29) is 0 Å². The molecule has 2 aromatic carbocycles. The maximum atomic E-state index is 3.61. The fraction of sp³-hybridized carbons (Fsp3) is 0.368. The number of benzene rings is 2. The molecule has 0 aromatic heterocycles. The molecule has 3 heteroatoms. The van der Waals surface area contributed by atoms with Crippen LogP contribution in [0.1, 0.15) is 29.7 Å². The molecular formula is C19H21BrN2. The van der Waals surface area contributed by atoms with E-state index in [1.807, 2.05) is 0 Å². The Hall–Kier alpha value is -1.16. The Kier molecular flexibility index (Phi) is 3.81. The van der Waals surface area contributed by atoms with Gasteiger partial charge >= 0.3 is 0 Å². The highest BCUT2D eigenvalue weighted by Gasteiger charge is 2.38. The molecule has 2 nitrogen and oxygen atoms in total. The molecule has 2 aliphatic heterocycles. The van der Waals surface area contributed by atoms with Crippen molar-refractivity contribution in [2.45, 2.75) is 32.1 Å². The summed E-state index contributed by atoms with van der Waals surface area (Å²) in [6.45, 7) is 6.81. The predicted molar refractivity (Wildman–Crippen MR) is 93.6 cm³/mol. The highest BCUT2D eigenvalue weighted by atomic mass is 79.9. The second-order valence-corrected chi connectivity index (χ2v) is 7.48. The van der Waals surface area contributed by atoms with E-state index in [9.17, 15) is 0 Å². The third-order valence-electron chi connectivity index (χ3n) is 4.99. The number of nitrogens with zero attached hydrogens (tertiary/aromatic N) is 2. The molecule has 2 atom stereocenters. The van der Waals surface area contributed by atoms with Crippen LogP contribution in [-0.2, 0) is 13.1 Å². The van der Waals surface area contributed by atoms with Gasteiger partial charge in [0.15, 0.2) is 0 Å². The van der Waals surface area contributed by atoms with Crippen LogP contribution < -0.4 is 0 Å². The molecule has 0 N–H and O–H groups in total. The Morgan fingerprint density at radius 1 is 1.09 bits per heavy atom. The third-order valence-corrected chi connectivity index (χ3v) is 5.48. The van der Waals surface area contributed by atoms with Crippen LogP contribution in [0.5, 0.6) is 0 Å². The van der Waals surface area contributed by atoms with Gasteiger partial charge in [0.25, 0.3) is 0 Å². The molecule has 114 valence electrons. The maximum Gasteiger partial charge on any atom is 0.0485 e. The van der Waals surface area contributed by atoms with Gasteiger partial charge in [-0.15, -0.1) is 0 Å². The van der Waals surface area contributed by atoms with Gasteiger partial charge in [0, 0.05) is 42.7 Å². The van der Waals surface area contributed by atoms with Crippen LogP contribution in [0.2, 0.25) is 0 Å². The number of halogens is 1. The molecule has 2 heterocycles. The summed E-state index contributed by atoms with van der Waals surface area (Å²) in [5.74, 6) is 0. The molecular weight excluding hydrogens is 336 g/mol. The lowest BCUT2D eigenvalue weighted by Crippen LogP contribution is -2.50. The Bertz CT molecular complexity index is 670. The van der Waals surface area contributed by atoms with E-state index in [0.717, 1.165) is 26.2 Å². The largest absolute Gasteiger partial charge is 0.296 e. The zero-order valence-electron chi connectivity index (χ0n) is 12.9. The van der Waals surface area contributed by atoms with Crippen molar-refractivity contribution in [2.24, 2.45) is 0 Å². The van der Waals surface area contributed by atoms with Crippen LogP contribution in [0.3, 0.4) is 0 Å². The highest BCUT2D eigenvalue weighted by molar-refractivity contribution is 9.10. The minimum atomic E-state index is 0.551. The average molecular weight is 357 g/mol. The molecule has 1 fully saturated rings. The zero-order chi connectivity index (χ0) is 15.1. The van der Waals surface area contributed by atoms with E-state index in [4.69, 9.17) is 0 Å². The minimum Gasteiger partial charge on any atom is -0.296 e. The Morgan fingerprint density at radius 2 is 1.91 bits per heavy atom. The fourth-order valence-corrected chi connectivity index (χ4v) is 4.36. The zero-order valence-corrected chi connectivity index (χ0v) is 14.5. The lowest BCUT2D eigenvalue weighted by molar-refractivity contribution is 0.0339. The van der Waals surface area contributed by atoms with Gasteiger partial charge in [0.1, 0.15) is 0 Å². The van der Waals surface area contributed by atoms with Crippen molar-refractivity contribution < 1.29 is 0 Å². The van der Waals surface area contributed by atoms with Crippen molar-refractivity contribution >= 4 is 15.9 Å². The summed E-state index contributed by atoms with van der Waals surface area (Å²) in [7, 11) is 0. The van der Waals surface area contributed by atoms with Gasteiger partial charge < -0.3 is 0 Å². The maximum absolute atomic E-state index is 3.61. The normalized spacial score (nSPS) is 25.0. The molecule has 0 saturated carbocycles. The van der Waals surface area contributed by atoms with E-state index >= 15 is 0 Å². The number of hydrogen-bond acceptors (Lipinski definition) is 2. The van der Waals surface area contributed by atoms with Gasteiger partial charge in [-0.05, 0) is 35.7 Å². The molecule has 22 heavy (non-hydrogen) atoms. The van der Waals surface area contributed by atoms with Crippen molar-refractivity contribution in [1.29, 1.82) is 0 Å². The Balaban J connectivity index is 1.57. The summed E-state index contributed by atoms with van der Waals surface area (Å²) in [6.07, 6.45) is 0. The van der Waals surface area contributed by atoms with Crippen molar-refractivity contribution in [2.75, 3.05) is 13.1 Å². The summed E-state index contributed by atoms with van der Waals surface area (Å²) in [5, 5.41) is 0. The first-order valence-corrected chi connectivity index (χ1v) is 8.80. The van der Waals surface area contributed by atoms with Gasteiger partial charge in [-0.2, -0.15) is 0 Å². The molecule has 0 amide bonds. The summed E-state index contributed by atoms with van der Waals surface area (Å²) in [5.41, 5.74) is 4.43. The van der Waals surface area contributed by atoms with E-state index in [1.54, 1.807) is 0 Å². The van der Waals surface area contributed by atoms with E-state index in [0.29, 0.717) is 12.1 Å². The second-order valence-electron chi connectivity index (χ2n) is 6.56. The number of hydrogen-bond donors (Lipinski definition) is 0. The third kappa shape index (κ3) is 2.62. The van der Waals surface area contributed by atoms with Crippen LogP contribution in [0, 0.1) is 0 Å². The van der Waals surface area contributed by atoms with Crippen LogP contribution in [0.25, 0.3) is 0 Å². The lowest BCUT2D eigenvalue weighted by Gasteiger charge is -2.42. The monoisotopic (exact) mass is 356 g/mol. The van der Waals surface area contributed by atoms with E-state index in [1.165, 1.54) is 21.2 Å². The molecule has 0 bridgehead atoms. The first kappa shape index (κ1) is 14.4. The topological polar surface area (TPSA) is 6.48 Å². The van der Waals surface area contributed by atoms with Gasteiger partial charge in [-0.1, -0.05) is 52.3 Å². The Labute approximate surface area is 140 Å². The molecule has 0 aliphatic carbocycles. The molecule has 4 rings (SSSR count). The predicted octanol–water partition coefficient (Wildman–Crippen LogP) is 4.21. The smallest absolute Gasteiger partial charge is 0.0485 e. The number of piperazine rings is 1. The highest BCUT2D eigenvalue weighted by Crippen LogP contribution is 2.39. The molecule has 0 radical (unpaired) electrons. The van der Waals surface area contributed by atoms with Gasteiger partial charge in [0.2, 0.25) is 0 Å². The summed E-state index contributed by atoms with van der Waals surface area (Å²) in [4.78, 5) is 5.27. The van der Waals surface area contributed by atoms with Crippen LogP contribution in [-0.4, -0.2) is 28.9 Å². The lowest BCUT2D eigenvalue weighted by atomic mass is 10.0. The van der Waals surface area contributed by atoms with E-state index < -0.39 is 0 Å². The van der Waals surface area contributed by atoms with E-state index in [2.05, 4.69) is 81.2 Å². The summed E-state index contributed by atoms with van der Waals surface area (Å²) < 4.78 is 1.19. The van der Waals surface area contributed by atoms with Gasteiger partial charge in [-0.25, -0.2) is 0 Å². The summed E-state index contributed by atoms with van der Waals surface area (Å²) >= 11 is 3.61. The quantitative estimate of drug-likeness (QED) is 0.795. The molecule has 2 aliphatic rings. The van der Waals surface area contributed by atoms with Crippen LogP contribution in [0.15, 0.2) is 53.0 Å². The molecule has 1 saturated heterocycles. The van der Waals surface area contributed by atoms with Crippen LogP contribution in [0.4, 0.5) is 0 Å². The standard InChI is InChI=1S/C19H21BrN2/c1-14-10-21(11-15-5-3-2-4-6-15)13-19-18-8-7-17(20)9-16(18)12-22(14)19/h2-9,14,19H,10-13H2,1H3/t14-,19?/m1/s1. The van der Waals surface area contributed by atoms with Crippen molar-refractivity contribution in [3.05, 3.63) is 69.7 Å². The van der Waals surface area contributed by atoms with Crippen molar-refractivity contribution in [3.63, 3.8) is 0 Å². The molecule has 1 unspecified atom stereocenters. The van der Waals surface area contributed by atoms with Crippen molar-refractivity contribution in [3.8, 4) is 0 Å². The SMILES string of the molecule is C[C@@H]1CN(Cc2ccccc2)CC2c3ccc(Br)cc3CN21. The second kappa shape index (κ2) is 5.80. The summed E-state index contributed by atoms with van der Waals surface area (Å²) in [6, 6.07) is 18.8. The molecule has 2 aromatic rings. The molecule has 0 spiro atoms.